The fourth-order valence-corrected chi connectivity index (χ4v) is 1.42. The molecule has 1 N–H and O–H groups in total. The van der Waals surface area contributed by atoms with Gasteiger partial charge in [-0.05, 0) is 18.2 Å². The van der Waals surface area contributed by atoms with Gasteiger partial charge in [-0.15, -0.1) is 0 Å². The zero-order valence-corrected chi connectivity index (χ0v) is 8.75. The zero-order chi connectivity index (χ0) is 13.3. The summed E-state index contributed by atoms with van der Waals surface area (Å²) in [5.41, 5.74) is -1.26. The molecule has 0 fully saturated rings. The third-order valence-electron chi connectivity index (χ3n) is 2.27. The monoisotopic (exact) mass is 258 g/mol. The van der Waals surface area contributed by atoms with Crippen molar-refractivity contribution in [3.8, 4) is 11.4 Å². The second kappa shape index (κ2) is 4.25. The Morgan fingerprint density at radius 3 is 2.56 bits per heavy atom. The number of benzene rings is 1. The molecule has 0 saturated heterocycles. The lowest BCUT2D eigenvalue weighted by Gasteiger charge is -2.08. The molecule has 7 heteroatoms. The number of carbonyl (C=O) groups is 1. The highest BCUT2D eigenvalue weighted by Crippen LogP contribution is 2.32. The van der Waals surface area contributed by atoms with Crippen molar-refractivity contribution in [1.29, 1.82) is 0 Å². The normalized spacial score (nSPS) is 11.6. The molecule has 0 amide bonds. The van der Waals surface area contributed by atoms with Gasteiger partial charge in [0.2, 0.25) is 0 Å². The number of alkyl halides is 3. The molecule has 1 aromatic heterocycles. The van der Waals surface area contributed by atoms with E-state index in [9.17, 15) is 22.4 Å². The van der Waals surface area contributed by atoms with Crippen LogP contribution in [0.25, 0.3) is 11.4 Å². The van der Waals surface area contributed by atoms with E-state index < -0.39 is 17.6 Å². The number of hydrogen-bond donors (Lipinski definition) is 1. The molecule has 1 heterocycles. The third-order valence-corrected chi connectivity index (χ3v) is 2.27. The van der Waals surface area contributed by atoms with Crippen molar-refractivity contribution in [2.24, 2.45) is 0 Å². The van der Waals surface area contributed by atoms with Crippen LogP contribution in [0, 0.1) is 5.82 Å². The molecule has 3 nitrogen and oxygen atoms in total. The van der Waals surface area contributed by atoms with E-state index in [1.807, 2.05) is 0 Å². The molecule has 1 aromatic carbocycles. The maximum Gasteiger partial charge on any atom is 0.416 e. The summed E-state index contributed by atoms with van der Waals surface area (Å²) in [4.78, 5) is 16.5. The van der Waals surface area contributed by atoms with E-state index in [1.54, 1.807) is 0 Å². The maximum absolute atomic E-state index is 13.4. The van der Waals surface area contributed by atoms with E-state index in [1.165, 1.54) is 0 Å². The Morgan fingerprint density at radius 2 is 2.00 bits per heavy atom. The van der Waals surface area contributed by atoms with Gasteiger partial charge >= 0.3 is 6.18 Å². The van der Waals surface area contributed by atoms with E-state index in [2.05, 4.69) is 9.97 Å². The van der Waals surface area contributed by atoms with Crippen LogP contribution in [0.4, 0.5) is 17.6 Å². The highest BCUT2D eigenvalue weighted by Gasteiger charge is 2.31. The molecule has 0 unspecified atom stereocenters. The summed E-state index contributed by atoms with van der Waals surface area (Å²) in [6, 6.07) is 1.99. The van der Waals surface area contributed by atoms with Crippen molar-refractivity contribution in [3.63, 3.8) is 0 Å². The highest BCUT2D eigenvalue weighted by atomic mass is 19.4. The van der Waals surface area contributed by atoms with Gasteiger partial charge in [-0.25, -0.2) is 9.37 Å². The molecular formula is C11H6F4N2O. The molecule has 0 aliphatic heterocycles. The lowest BCUT2D eigenvalue weighted by molar-refractivity contribution is -0.137. The van der Waals surface area contributed by atoms with Crippen molar-refractivity contribution in [2.45, 2.75) is 6.18 Å². The topological polar surface area (TPSA) is 45.8 Å². The molecule has 0 radical (unpaired) electrons. The molecule has 2 aromatic rings. The molecule has 94 valence electrons. The van der Waals surface area contributed by atoms with Crippen molar-refractivity contribution >= 4 is 6.29 Å². The van der Waals surface area contributed by atoms with Gasteiger partial charge in [0, 0.05) is 0 Å². The molecule has 0 bridgehead atoms. The number of aromatic amines is 1. The summed E-state index contributed by atoms with van der Waals surface area (Å²) in [5, 5.41) is 0. The van der Waals surface area contributed by atoms with Crippen molar-refractivity contribution in [2.75, 3.05) is 0 Å². The lowest BCUT2D eigenvalue weighted by atomic mass is 10.1. The van der Waals surface area contributed by atoms with Crippen LogP contribution in [0.3, 0.4) is 0 Å². The van der Waals surface area contributed by atoms with Crippen LogP contribution >= 0.6 is 0 Å². The fourth-order valence-electron chi connectivity index (χ4n) is 1.42. The Hall–Kier alpha value is -2.18. The van der Waals surface area contributed by atoms with Gasteiger partial charge in [0.15, 0.2) is 6.29 Å². The summed E-state index contributed by atoms with van der Waals surface area (Å²) in [7, 11) is 0. The van der Waals surface area contributed by atoms with Crippen LogP contribution in [0.5, 0.6) is 0 Å². The van der Waals surface area contributed by atoms with Gasteiger partial charge in [-0.3, -0.25) is 4.79 Å². The number of imidazole rings is 1. The number of carbonyl (C=O) groups excluding carboxylic acids is 1. The first-order chi connectivity index (χ1) is 8.41. The summed E-state index contributed by atoms with van der Waals surface area (Å²) in [5.74, 6) is -0.976. The van der Waals surface area contributed by atoms with Gasteiger partial charge < -0.3 is 4.98 Å². The molecular weight excluding hydrogens is 252 g/mol. The Labute approximate surface area is 98.5 Å². The number of halogens is 4. The molecule has 0 aliphatic carbocycles. The summed E-state index contributed by atoms with van der Waals surface area (Å²) < 4.78 is 50.9. The van der Waals surface area contributed by atoms with Crippen molar-refractivity contribution in [1.82, 2.24) is 9.97 Å². The van der Waals surface area contributed by atoms with Gasteiger partial charge in [0.05, 0.1) is 23.0 Å². The summed E-state index contributed by atoms with van der Waals surface area (Å²) in [6.45, 7) is 0. The Balaban J connectivity index is 2.52. The van der Waals surface area contributed by atoms with Crippen LogP contribution < -0.4 is 0 Å². The highest BCUT2D eigenvalue weighted by molar-refractivity contribution is 5.73. The largest absolute Gasteiger partial charge is 0.416 e. The van der Waals surface area contributed by atoms with Gasteiger partial charge in [0.25, 0.3) is 0 Å². The minimum Gasteiger partial charge on any atom is -0.336 e. The van der Waals surface area contributed by atoms with E-state index in [4.69, 9.17) is 0 Å². The molecule has 2 rings (SSSR count). The summed E-state index contributed by atoms with van der Waals surface area (Å²) in [6.07, 6.45) is -3.02. The van der Waals surface area contributed by atoms with Crippen LogP contribution in [0.1, 0.15) is 16.1 Å². The smallest absolute Gasteiger partial charge is 0.336 e. The first kappa shape index (κ1) is 12.3. The zero-order valence-electron chi connectivity index (χ0n) is 8.75. The minimum absolute atomic E-state index is 0.0572. The van der Waals surface area contributed by atoms with Crippen molar-refractivity contribution in [3.05, 3.63) is 41.5 Å². The number of H-pyrrole nitrogens is 1. The standard InChI is InChI=1S/C11H6F4N2O/c12-9-2-1-6(11(13,14)15)3-8(9)10-16-4-7(5-18)17-10/h1-5H,(H,16,17). The van der Waals surface area contributed by atoms with E-state index in [0.717, 1.165) is 6.20 Å². The molecule has 0 aliphatic rings. The second-order valence-corrected chi connectivity index (χ2v) is 3.50. The Kier molecular flexibility index (Phi) is 2.90. The van der Waals surface area contributed by atoms with E-state index in [-0.39, 0.29) is 17.1 Å². The first-order valence-electron chi connectivity index (χ1n) is 4.79. The predicted octanol–water partition coefficient (Wildman–Crippen LogP) is 3.05. The molecule has 0 saturated carbocycles. The number of nitrogens with zero attached hydrogens (tertiary/aromatic N) is 1. The van der Waals surface area contributed by atoms with E-state index >= 15 is 0 Å². The predicted molar refractivity (Wildman–Crippen MR) is 54.4 cm³/mol. The van der Waals surface area contributed by atoms with Crippen LogP contribution in [0.15, 0.2) is 24.4 Å². The number of aldehydes is 1. The minimum atomic E-state index is -4.57. The van der Waals surface area contributed by atoms with E-state index in [0.29, 0.717) is 24.5 Å². The number of rotatable bonds is 2. The average molecular weight is 258 g/mol. The number of aromatic nitrogens is 2. The maximum atomic E-state index is 13.4. The molecule has 18 heavy (non-hydrogen) atoms. The lowest BCUT2D eigenvalue weighted by Crippen LogP contribution is -2.05. The van der Waals surface area contributed by atoms with Crippen LogP contribution in [-0.2, 0) is 6.18 Å². The van der Waals surface area contributed by atoms with Gasteiger partial charge in [0.1, 0.15) is 11.6 Å². The fraction of sp³-hybridized carbons (Fsp3) is 0.0909. The molecule has 0 atom stereocenters. The third kappa shape index (κ3) is 2.24. The molecule has 0 spiro atoms. The van der Waals surface area contributed by atoms with Crippen LogP contribution in [0.2, 0.25) is 0 Å². The number of nitrogens with one attached hydrogen (secondary N) is 1. The average Bonchev–Trinajstić information content (AvgIpc) is 2.76. The number of hydrogen-bond acceptors (Lipinski definition) is 2. The van der Waals surface area contributed by atoms with Gasteiger partial charge in [-0.2, -0.15) is 13.2 Å². The SMILES string of the molecule is O=Cc1cnc(-c2cc(C(F)(F)F)ccc2F)[nH]1. The van der Waals surface area contributed by atoms with Crippen LogP contribution in [-0.4, -0.2) is 16.3 Å². The quantitative estimate of drug-likeness (QED) is 0.664. The second-order valence-electron chi connectivity index (χ2n) is 3.50. The Bertz CT molecular complexity index is 589. The Morgan fingerprint density at radius 1 is 1.28 bits per heavy atom. The van der Waals surface area contributed by atoms with Crippen molar-refractivity contribution < 1.29 is 22.4 Å². The van der Waals surface area contributed by atoms with Gasteiger partial charge in [-0.1, -0.05) is 0 Å². The summed E-state index contributed by atoms with van der Waals surface area (Å²) >= 11 is 0. The first-order valence-corrected chi connectivity index (χ1v) is 4.79.